The molecule has 0 aromatic carbocycles. The van der Waals surface area contributed by atoms with Gasteiger partial charge in [-0.3, -0.25) is 24.2 Å². The van der Waals surface area contributed by atoms with Crippen LogP contribution in [0.1, 0.15) is 132 Å². The number of nitrogens with zero attached hydrogens (tertiary/aromatic N) is 2. The maximum absolute atomic E-state index is 14.1. The first-order chi connectivity index (χ1) is 24.8. The number of rotatable bonds is 11. The van der Waals surface area contributed by atoms with Gasteiger partial charge in [0.2, 0.25) is 5.91 Å². The van der Waals surface area contributed by atoms with Crippen LogP contribution in [0.5, 0.6) is 0 Å². The van der Waals surface area contributed by atoms with Gasteiger partial charge in [-0.1, -0.05) is 53.2 Å². The van der Waals surface area contributed by atoms with Gasteiger partial charge < -0.3 is 20.5 Å². The Morgan fingerprint density at radius 2 is 1.79 bits per heavy atom. The van der Waals surface area contributed by atoms with E-state index in [4.69, 9.17) is 10.5 Å². The van der Waals surface area contributed by atoms with Crippen LogP contribution in [-0.2, 0) is 30.5 Å². The smallest absolute Gasteiger partial charge is 0.309 e. The Kier molecular flexibility index (Phi) is 10.6. The van der Waals surface area contributed by atoms with Crippen LogP contribution in [0.4, 0.5) is 0 Å². The second-order valence-corrected chi connectivity index (χ2v) is 19.5. The summed E-state index contributed by atoms with van der Waals surface area (Å²) in [5.41, 5.74) is 8.22. The van der Waals surface area contributed by atoms with Crippen molar-refractivity contribution in [2.75, 3.05) is 13.1 Å². The average molecular weight is 732 g/mol. The summed E-state index contributed by atoms with van der Waals surface area (Å²) < 4.78 is 6.07. The maximum atomic E-state index is 14.1. The number of carbonyl (C=O) groups excluding carboxylic acids is 3. The monoisotopic (exact) mass is 731 g/mol. The predicted octanol–water partition coefficient (Wildman–Crippen LogP) is 7.76. The Labute approximate surface area is 317 Å². The molecule has 5 aliphatic carbocycles. The summed E-state index contributed by atoms with van der Waals surface area (Å²) in [4.78, 5) is 58.1. The van der Waals surface area contributed by atoms with E-state index in [0.29, 0.717) is 43.0 Å². The van der Waals surface area contributed by atoms with Gasteiger partial charge in [-0.25, -0.2) is 0 Å². The molecule has 1 amide bonds. The standard InChI is InChI=1S/C44H65N3O6/c1-27(2)37-32(48)22-44(19-21-47(35(49)24-45)26-29-10-9-20-46-25-29)18-17-42(7)31(38(37)44)11-12-34-41(6)15-14-33(28(3)30(41)13-16-43(34,42)8)53-36(50)23-40(4,5)39(51)52/h9-10,20,25,27-28,30-31,33-34H,11-19,21-24,26,45H2,1-8H3,(H,51,52)/t28?,30?,31-,33+,34?,41+,42-,43-,44-/m1/s1. The van der Waals surface area contributed by atoms with Crippen molar-refractivity contribution in [3.63, 3.8) is 0 Å². The molecule has 0 aliphatic heterocycles. The van der Waals surface area contributed by atoms with Gasteiger partial charge in [-0.2, -0.15) is 0 Å². The highest BCUT2D eigenvalue weighted by Gasteiger charge is 2.69. The number of Topliss-reactive ketones (excluding diaryl/α,β-unsaturated/α-hetero) is 1. The topological polar surface area (TPSA) is 140 Å². The Balaban J connectivity index is 1.26. The number of ketones is 1. The van der Waals surface area contributed by atoms with Gasteiger partial charge in [0, 0.05) is 37.3 Å². The highest BCUT2D eigenvalue weighted by molar-refractivity contribution is 6.00. The molecule has 1 aromatic rings. The second kappa shape index (κ2) is 14.2. The number of esters is 1. The molecule has 9 heteroatoms. The number of ether oxygens (including phenoxy) is 1. The van der Waals surface area contributed by atoms with Crippen LogP contribution in [-0.4, -0.2) is 57.8 Å². The molecule has 292 valence electrons. The molecular weight excluding hydrogens is 666 g/mol. The van der Waals surface area contributed by atoms with Crippen LogP contribution in [0.2, 0.25) is 0 Å². The Bertz CT molecular complexity index is 1640. The molecule has 3 unspecified atom stereocenters. The molecule has 1 aromatic heterocycles. The summed E-state index contributed by atoms with van der Waals surface area (Å²) in [5, 5.41) is 9.57. The van der Waals surface area contributed by atoms with Gasteiger partial charge >= 0.3 is 11.9 Å². The number of carboxylic acids is 1. The van der Waals surface area contributed by atoms with E-state index >= 15 is 0 Å². The molecule has 5 aliphatic rings. The Morgan fingerprint density at radius 1 is 1.06 bits per heavy atom. The zero-order chi connectivity index (χ0) is 38.7. The summed E-state index contributed by atoms with van der Waals surface area (Å²) in [6.07, 6.45) is 12.7. The van der Waals surface area contributed by atoms with Gasteiger partial charge in [-0.05, 0) is 135 Å². The first-order valence-corrected chi connectivity index (χ1v) is 20.4. The predicted molar refractivity (Wildman–Crippen MR) is 204 cm³/mol. The van der Waals surface area contributed by atoms with Gasteiger partial charge in [0.15, 0.2) is 5.78 Å². The number of fused-ring (bicyclic) bond motifs is 7. The summed E-state index contributed by atoms with van der Waals surface area (Å²) in [7, 11) is 0. The summed E-state index contributed by atoms with van der Waals surface area (Å²) in [6, 6.07) is 3.89. The molecule has 4 fully saturated rings. The molecule has 0 saturated heterocycles. The highest BCUT2D eigenvalue weighted by Crippen LogP contribution is 2.76. The van der Waals surface area contributed by atoms with Crippen molar-refractivity contribution in [1.82, 2.24) is 9.88 Å². The van der Waals surface area contributed by atoms with Crippen molar-refractivity contribution in [2.45, 2.75) is 139 Å². The highest BCUT2D eigenvalue weighted by atomic mass is 16.5. The number of carbonyl (C=O) groups is 4. The zero-order valence-electron chi connectivity index (χ0n) is 33.6. The summed E-state index contributed by atoms with van der Waals surface area (Å²) >= 11 is 0. The minimum atomic E-state index is -1.15. The molecule has 4 saturated carbocycles. The lowest BCUT2D eigenvalue weighted by atomic mass is 9.34. The minimum absolute atomic E-state index is 0.0327. The average Bonchev–Trinajstić information content (AvgIpc) is 3.40. The molecule has 6 rings (SSSR count). The quantitative estimate of drug-likeness (QED) is 0.220. The number of aliphatic carboxylic acids is 1. The largest absolute Gasteiger partial charge is 0.481 e. The molecule has 9 atom stereocenters. The SMILES string of the molecule is CC(C)C1=C2[C@H]3CCC4[C@@]5(C)CC[C@H](OC(=O)CC(C)(C)C(=O)O)C(C)C5CC[C@@]4(C)[C@]3(C)CC[C@@]2(CCN(Cc2cccnc2)C(=O)CN)CC1=O. The van der Waals surface area contributed by atoms with Crippen molar-refractivity contribution in [1.29, 1.82) is 0 Å². The Morgan fingerprint density at radius 3 is 2.43 bits per heavy atom. The van der Waals surface area contributed by atoms with Crippen molar-refractivity contribution >= 4 is 23.6 Å². The van der Waals surface area contributed by atoms with Crippen LogP contribution in [0, 0.1) is 56.7 Å². The number of aromatic nitrogens is 1. The number of carboxylic acid groups (broad SMARTS) is 1. The van der Waals surface area contributed by atoms with Crippen LogP contribution in [0.25, 0.3) is 0 Å². The van der Waals surface area contributed by atoms with E-state index in [9.17, 15) is 24.3 Å². The minimum Gasteiger partial charge on any atom is -0.481 e. The number of hydrogen-bond donors (Lipinski definition) is 2. The number of amides is 1. The van der Waals surface area contributed by atoms with Crippen molar-refractivity contribution < 1.29 is 29.0 Å². The van der Waals surface area contributed by atoms with Crippen molar-refractivity contribution in [2.24, 2.45) is 62.4 Å². The van der Waals surface area contributed by atoms with E-state index in [1.165, 1.54) is 5.57 Å². The first kappa shape index (κ1) is 39.6. The third-order valence-corrected chi connectivity index (χ3v) is 16.0. The van der Waals surface area contributed by atoms with Gasteiger partial charge in [0.05, 0.1) is 18.4 Å². The lowest BCUT2D eigenvalue weighted by Crippen LogP contribution is -2.64. The van der Waals surface area contributed by atoms with Gasteiger partial charge in [0.1, 0.15) is 6.10 Å². The molecule has 1 heterocycles. The second-order valence-electron chi connectivity index (χ2n) is 19.5. The van der Waals surface area contributed by atoms with Crippen LogP contribution < -0.4 is 5.73 Å². The lowest BCUT2D eigenvalue weighted by molar-refractivity contribution is -0.216. The van der Waals surface area contributed by atoms with E-state index in [-0.39, 0.29) is 58.5 Å². The van der Waals surface area contributed by atoms with E-state index in [1.807, 2.05) is 17.0 Å². The number of hydrogen-bond acceptors (Lipinski definition) is 7. The summed E-state index contributed by atoms with van der Waals surface area (Å²) in [5.74, 6) is 0.445. The van der Waals surface area contributed by atoms with Gasteiger partial charge in [0.25, 0.3) is 0 Å². The Hall–Kier alpha value is -3.07. The fourth-order valence-electron chi connectivity index (χ4n) is 12.9. The van der Waals surface area contributed by atoms with E-state index in [1.54, 1.807) is 26.2 Å². The molecule has 53 heavy (non-hydrogen) atoms. The normalized spacial score (nSPS) is 36.6. The number of nitrogens with two attached hydrogens (primary N) is 1. The van der Waals surface area contributed by atoms with Gasteiger partial charge in [-0.15, -0.1) is 0 Å². The van der Waals surface area contributed by atoms with Crippen molar-refractivity contribution in [3.05, 3.63) is 41.2 Å². The van der Waals surface area contributed by atoms with E-state index in [0.717, 1.165) is 68.9 Å². The zero-order valence-corrected chi connectivity index (χ0v) is 33.6. The van der Waals surface area contributed by atoms with Crippen LogP contribution in [0.15, 0.2) is 35.7 Å². The fraction of sp³-hybridized carbons (Fsp3) is 0.750. The fourth-order valence-corrected chi connectivity index (χ4v) is 12.9. The molecule has 0 spiro atoms. The molecular formula is C44H65N3O6. The first-order valence-electron chi connectivity index (χ1n) is 20.4. The lowest BCUT2D eigenvalue weighted by Gasteiger charge is -2.71. The molecule has 3 N–H and O–H groups in total. The third-order valence-electron chi connectivity index (χ3n) is 16.0. The van der Waals surface area contributed by atoms with Crippen molar-refractivity contribution in [3.8, 4) is 0 Å². The molecule has 0 radical (unpaired) electrons. The maximum Gasteiger partial charge on any atom is 0.309 e. The van der Waals surface area contributed by atoms with E-state index in [2.05, 4.69) is 46.5 Å². The number of allylic oxidation sites excluding steroid dienone is 2. The molecule has 0 bridgehead atoms. The molecule has 9 nitrogen and oxygen atoms in total. The third kappa shape index (κ3) is 6.58. The number of pyridine rings is 1. The summed E-state index contributed by atoms with van der Waals surface area (Å²) in [6.45, 7) is 18.4. The van der Waals surface area contributed by atoms with Crippen LogP contribution >= 0.6 is 0 Å². The van der Waals surface area contributed by atoms with E-state index < -0.39 is 17.4 Å². The van der Waals surface area contributed by atoms with Crippen LogP contribution in [0.3, 0.4) is 0 Å².